The number of nitrogens with zero attached hydrogens (tertiary/aromatic N) is 4. The molecule has 1 saturated carbocycles. The van der Waals surface area contributed by atoms with Crippen LogP contribution in [-0.4, -0.2) is 21.2 Å². The van der Waals surface area contributed by atoms with Gasteiger partial charge in [0, 0.05) is 29.9 Å². The number of aromatic nitrogens is 2. The third-order valence-corrected chi connectivity index (χ3v) is 7.21. The highest BCUT2D eigenvalue weighted by Gasteiger charge is 2.34. The van der Waals surface area contributed by atoms with Crippen molar-refractivity contribution in [1.29, 1.82) is 5.26 Å². The summed E-state index contributed by atoms with van der Waals surface area (Å²) in [5, 5.41) is 14.1. The monoisotopic (exact) mass is 473 g/mol. The average molecular weight is 474 g/mol. The molecule has 178 valence electrons. The molecule has 1 aromatic heterocycles. The van der Waals surface area contributed by atoms with E-state index in [2.05, 4.69) is 71.4 Å². The van der Waals surface area contributed by atoms with Crippen molar-refractivity contribution in [3.8, 4) is 17.2 Å². The Labute approximate surface area is 210 Å². The number of amides is 1. The third-order valence-electron chi connectivity index (χ3n) is 7.21. The molecule has 0 atom stereocenters. The van der Waals surface area contributed by atoms with Crippen molar-refractivity contribution in [3.05, 3.63) is 89.2 Å². The van der Waals surface area contributed by atoms with Gasteiger partial charge in [0.15, 0.2) is 0 Å². The van der Waals surface area contributed by atoms with E-state index in [1.165, 1.54) is 0 Å². The second-order valence-corrected chi connectivity index (χ2v) is 10.4. The van der Waals surface area contributed by atoms with Gasteiger partial charge in [-0.2, -0.15) is 10.4 Å². The number of benzene rings is 3. The summed E-state index contributed by atoms with van der Waals surface area (Å²) in [5.74, 6) is 1.53. The van der Waals surface area contributed by atoms with Crippen LogP contribution in [0, 0.1) is 16.7 Å². The first-order chi connectivity index (χ1) is 17.4. The van der Waals surface area contributed by atoms with Crippen molar-refractivity contribution >= 4 is 22.7 Å². The Balaban J connectivity index is 1.48. The number of imidazole rings is 1. The Kier molecular flexibility index (Phi) is 5.22. The van der Waals surface area contributed by atoms with Crippen LogP contribution in [0.15, 0.2) is 71.8 Å². The van der Waals surface area contributed by atoms with Gasteiger partial charge in [-0.3, -0.25) is 4.79 Å². The van der Waals surface area contributed by atoms with E-state index < -0.39 is 0 Å². The smallest absolute Gasteiger partial charge is 0.241 e. The van der Waals surface area contributed by atoms with Crippen LogP contribution in [-0.2, 0) is 11.3 Å². The standard InChI is InChI=1S/C30H27N5O/c1-30(2)16-27(36)33-34-28(30)20-13-14-25-26(15-20)35(29(32-25)19-11-12-19)18-22-8-4-6-10-24(22)23-9-5-3-7-21(23)17-31/h3-10,13-15,19H,11-12,16,18H2,1-2H3,(H,33,36). The summed E-state index contributed by atoms with van der Waals surface area (Å²) < 4.78 is 2.33. The first-order valence-corrected chi connectivity index (χ1v) is 12.4. The molecule has 1 aliphatic heterocycles. The minimum Gasteiger partial charge on any atom is -0.323 e. The quantitative estimate of drug-likeness (QED) is 0.401. The SMILES string of the molecule is CC1(C)CC(=O)NN=C1c1ccc2nc(C3CC3)n(Cc3ccccc3-c3ccccc3C#N)c2c1. The maximum atomic E-state index is 12.0. The van der Waals surface area contributed by atoms with E-state index in [0.717, 1.165) is 57.7 Å². The molecular weight excluding hydrogens is 446 g/mol. The van der Waals surface area contributed by atoms with Gasteiger partial charge in [0.25, 0.3) is 0 Å². The van der Waals surface area contributed by atoms with Crippen molar-refractivity contribution in [2.75, 3.05) is 0 Å². The largest absolute Gasteiger partial charge is 0.323 e. The molecule has 1 amide bonds. The molecule has 2 aliphatic rings. The molecule has 2 heterocycles. The fourth-order valence-electron chi connectivity index (χ4n) is 5.26. The molecule has 0 bridgehead atoms. The lowest BCUT2D eigenvalue weighted by molar-refractivity contribution is -0.122. The molecule has 1 aliphatic carbocycles. The van der Waals surface area contributed by atoms with Gasteiger partial charge in [0.05, 0.1) is 28.4 Å². The van der Waals surface area contributed by atoms with E-state index in [-0.39, 0.29) is 11.3 Å². The second kappa shape index (κ2) is 8.46. The molecule has 1 fully saturated rings. The van der Waals surface area contributed by atoms with Crippen molar-refractivity contribution in [1.82, 2.24) is 15.0 Å². The number of carbonyl (C=O) groups excluding carboxylic acids is 1. The molecule has 0 spiro atoms. The Morgan fingerprint density at radius 3 is 2.56 bits per heavy atom. The Morgan fingerprint density at radius 2 is 1.81 bits per heavy atom. The normalized spacial score (nSPS) is 16.9. The van der Waals surface area contributed by atoms with Crippen molar-refractivity contribution in [2.45, 2.75) is 45.6 Å². The highest BCUT2D eigenvalue weighted by molar-refractivity contribution is 6.09. The molecular formula is C30H27N5O. The average Bonchev–Trinajstić information content (AvgIpc) is 3.66. The topological polar surface area (TPSA) is 83.1 Å². The predicted octanol–water partition coefficient (Wildman–Crippen LogP) is 5.75. The predicted molar refractivity (Wildman–Crippen MR) is 140 cm³/mol. The molecule has 1 N–H and O–H groups in total. The lowest BCUT2D eigenvalue weighted by Gasteiger charge is -2.29. The third kappa shape index (κ3) is 3.87. The van der Waals surface area contributed by atoms with Gasteiger partial charge >= 0.3 is 0 Å². The highest BCUT2D eigenvalue weighted by atomic mass is 16.2. The minimum atomic E-state index is -0.353. The van der Waals surface area contributed by atoms with Gasteiger partial charge in [-0.25, -0.2) is 10.4 Å². The summed E-state index contributed by atoms with van der Waals surface area (Å²) in [6.45, 7) is 4.78. The number of carbonyl (C=O) groups is 1. The van der Waals surface area contributed by atoms with Crippen LogP contribution in [0.1, 0.15) is 61.5 Å². The summed E-state index contributed by atoms with van der Waals surface area (Å²) >= 11 is 0. The zero-order valence-corrected chi connectivity index (χ0v) is 20.5. The van der Waals surface area contributed by atoms with Crippen molar-refractivity contribution < 1.29 is 4.79 Å². The Hall–Kier alpha value is -4.24. The van der Waals surface area contributed by atoms with Gasteiger partial charge in [0.2, 0.25) is 5.91 Å². The summed E-state index contributed by atoms with van der Waals surface area (Å²) in [4.78, 5) is 17.0. The van der Waals surface area contributed by atoms with E-state index in [4.69, 9.17) is 4.98 Å². The molecule has 3 aromatic carbocycles. The number of hydrogen-bond acceptors (Lipinski definition) is 4. The van der Waals surface area contributed by atoms with E-state index in [9.17, 15) is 10.1 Å². The van der Waals surface area contributed by atoms with Crippen LogP contribution in [0.25, 0.3) is 22.2 Å². The van der Waals surface area contributed by atoms with E-state index in [0.29, 0.717) is 24.4 Å². The Morgan fingerprint density at radius 1 is 1.06 bits per heavy atom. The first kappa shape index (κ1) is 22.2. The van der Waals surface area contributed by atoms with Gasteiger partial charge < -0.3 is 4.57 Å². The molecule has 0 unspecified atom stereocenters. The van der Waals surface area contributed by atoms with Gasteiger partial charge in [-0.05, 0) is 47.7 Å². The fourth-order valence-corrected chi connectivity index (χ4v) is 5.26. The summed E-state index contributed by atoms with van der Waals surface area (Å²) in [6.07, 6.45) is 2.71. The lowest BCUT2D eigenvalue weighted by Crippen LogP contribution is -2.39. The van der Waals surface area contributed by atoms with Crippen LogP contribution in [0.2, 0.25) is 0 Å². The number of nitrogens with one attached hydrogen (secondary N) is 1. The summed E-state index contributed by atoms with van der Waals surface area (Å²) in [6, 6.07) is 24.7. The van der Waals surface area contributed by atoms with Crippen molar-refractivity contribution in [3.63, 3.8) is 0 Å². The van der Waals surface area contributed by atoms with Crippen LogP contribution >= 0.6 is 0 Å². The Bertz CT molecular complexity index is 1580. The zero-order valence-electron chi connectivity index (χ0n) is 20.5. The molecule has 0 saturated heterocycles. The number of nitriles is 1. The minimum absolute atomic E-state index is 0.0554. The van der Waals surface area contributed by atoms with E-state index in [1.807, 2.05) is 30.3 Å². The molecule has 36 heavy (non-hydrogen) atoms. The number of hydrazone groups is 1. The fraction of sp³-hybridized carbons (Fsp3) is 0.267. The maximum absolute atomic E-state index is 12.0. The molecule has 6 rings (SSSR count). The van der Waals surface area contributed by atoms with Gasteiger partial charge in [-0.15, -0.1) is 0 Å². The van der Waals surface area contributed by atoms with Crippen LogP contribution < -0.4 is 5.43 Å². The molecule has 4 aromatic rings. The highest BCUT2D eigenvalue weighted by Crippen LogP contribution is 2.42. The van der Waals surface area contributed by atoms with Crippen LogP contribution in [0.4, 0.5) is 0 Å². The van der Waals surface area contributed by atoms with Crippen LogP contribution in [0.5, 0.6) is 0 Å². The molecule has 6 nitrogen and oxygen atoms in total. The number of hydrogen-bond donors (Lipinski definition) is 1. The molecule has 6 heteroatoms. The number of fused-ring (bicyclic) bond motifs is 1. The maximum Gasteiger partial charge on any atom is 0.241 e. The summed E-state index contributed by atoms with van der Waals surface area (Å²) in [7, 11) is 0. The zero-order chi connectivity index (χ0) is 24.9. The van der Waals surface area contributed by atoms with E-state index in [1.54, 1.807) is 0 Å². The van der Waals surface area contributed by atoms with Gasteiger partial charge in [-0.1, -0.05) is 62.4 Å². The van der Waals surface area contributed by atoms with E-state index >= 15 is 0 Å². The summed E-state index contributed by atoms with van der Waals surface area (Å²) in [5.41, 5.74) is 10.0. The lowest BCUT2D eigenvalue weighted by atomic mass is 9.79. The second-order valence-electron chi connectivity index (χ2n) is 10.4. The first-order valence-electron chi connectivity index (χ1n) is 12.4. The molecule has 0 radical (unpaired) electrons. The van der Waals surface area contributed by atoms with Gasteiger partial charge in [0.1, 0.15) is 5.82 Å². The van der Waals surface area contributed by atoms with Crippen molar-refractivity contribution in [2.24, 2.45) is 10.5 Å². The van der Waals surface area contributed by atoms with Crippen LogP contribution in [0.3, 0.4) is 0 Å². The number of rotatable bonds is 5.